The maximum absolute atomic E-state index is 10.2. The van der Waals surface area contributed by atoms with Crippen LogP contribution in [0.5, 0.6) is 5.75 Å². The number of hydrogen-bond acceptors (Lipinski definition) is 3. The molecular weight excluding hydrogens is 288 g/mol. The quantitative estimate of drug-likeness (QED) is 0.725. The van der Waals surface area contributed by atoms with Gasteiger partial charge in [-0.2, -0.15) is 5.10 Å². The molecule has 1 atom stereocenters. The van der Waals surface area contributed by atoms with E-state index in [1.165, 1.54) is 0 Å². The number of benzene rings is 2. The molecule has 0 spiro atoms. The normalized spacial score (nSPS) is 12.0. The third-order valence-electron chi connectivity index (χ3n) is 3.70. The third-order valence-corrected chi connectivity index (χ3v) is 3.70. The van der Waals surface area contributed by atoms with Crippen molar-refractivity contribution in [1.29, 1.82) is 0 Å². The van der Waals surface area contributed by atoms with Crippen molar-refractivity contribution in [1.82, 2.24) is 9.78 Å². The van der Waals surface area contributed by atoms with Crippen LogP contribution in [0.2, 0.25) is 0 Å². The number of aromatic nitrogens is 2. The van der Waals surface area contributed by atoms with Crippen LogP contribution in [0.1, 0.15) is 23.7 Å². The fourth-order valence-corrected chi connectivity index (χ4v) is 2.38. The molecule has 0 fully saturated rings. The zero-order valence-electron chi connectivity index (χ0n) is 12.9. The van der Waals surface area contributed by atoms with Crippen LogP contribution in [0.15, 0.2) is 73.1 Å². The molecule has 2 aromatic carbocycles. The van der Waals surface area contributed by atoms with Gasteiger partial charge in [0.15, 0.2) is 0 Å². The molecule has 1 heterocycles. The van der Waals surface area contributed by atoms with E-state index in [9.17, 15) is 5.11 Å². The SMILES string of the molecule is OC(CCn1cccn1)c1ccc(OCc2ccccc2)cc1. The van der Waals surface area contributed by atoms with Crippen molar-refractivity contribution in [2.24, 2.45) is 0 Å². The monoisotopic (exact) mass is 308 g/mol. The second-order valence-electron chi connectivity index (χ2n) is 5.42. The van der Waals surface area contributed by atoms with Crippen molar-refractivity contribution >= 4 is 0 Å². The van der Waals surface area contributed by atoms with E-state index in [4.69, 9.17) is 4.74 Å². The summed E-state index contributed by atoms with van der Waals surface area (Å²) in [6, 6.07) is 19.6. The molecule has 0 aliphatic carbocycles. The van der Waals surface area contributed by atoms with Gasteiger partial charge in [0.1, 0.15) is 12.4 Å². The zero-order valence-corrected chi connectivity index (χ0v) is 12.9. The van der Waals surface area contributed by atoms with E-state index in [0.29, 0.717) is 19.6 Å². The van der Waals surface area contributed by atoms with Gasteiger partial charge in [-0.15, -0.1) is 0 Å². The van der Waals surface area contributed by atoms with Crippen LogP contribution in [-0.4, -0.2) is 14.9 Å². The number of ether oxygens (including phenoxy) is 1. The number of aliphatic hydroxyl groups is 1. The Bertz CT molecular complexity index is 694. The van der Waals surface area contributed by atoms with Gasteiger partial charge in [-0.05, 0) is 35.7 Å². The highest BCUT2D eigenvalue weighted by molar-refractivity contribution is 5.29. The standard InChI is InChI=1S/C19H20N2O2/c22-19(11-14-21-13-4-12-20-21)17-7-9-18(10-8-17)23-15-16-5-2-1-3-6-16/h1-10,12-13,19,22H,11,14-15H2. The van der Waals surface area contributed by atoms with Crippen LogP contribution < -0.4 is 4.74 Å². The van der Waals surface area contributed by atoms with Gasteiger partial charge in [0.25, 0.3) is 0 Å². The largest absolute Gasteiger partial charge is 0.489 e. The first-order chi connectivity index (χ1) is 11.3. The van der Waals surface area contributed by atoms with Gasteiger partial charge in [-0.25, -0.2) is 0 Å². The lowest BCUT2D eigenvalue weighted by atomic mass is 10.1. The fraction of sp³-hybridized carbons (Fsp3) is 0.211. The third kappa shape index (κ3) is 4.44. The van der Waals surface area contributed by atoms with Gasteiger partial charge < -0.3 is 9.84 Å². The lowest BCUT2D eigenvalue weighted by Crippen LogP contribution is -2.05. The molecule has 4 nitrogen and oxygen atoms in total. The van der Waals surface area contributed by atoms with E-state index >= 15 is 0 Å². The van der Waals surface area contributed by atoms with Crippen molar-refractivity contribution in [3.05, 3.63) is 84.2 Å². The molecule has 0 bridgehead atoms. The van der Waals surface area contributed by atoms with Gasteiger partial charge in [0, 0.05) is 18.9 Å². The minimum atomic E-state index is -0.498. The molecule has 118 valence electrons. The average Bonchev–Trinajstić information content (AvgIpc) is 3.13. The van der Waals surface area contributed by atoms with E-state index < -0.39 is 6.10 Å². The molecule has 1 aromatic heterocycles. The molecule has 3 aromatic rings. The molecule has 0 saturated carbocycles. The molecule has 1 unspecified atom stereocenters. The Morgan fingerprint density at radius 1 is 1.00 bits per heavy atom. The summed E-state index contributed by atoms with van der Waals surface area (Å²) in [5, 5.41) is 14.4. The predicted octanol–water partition coefficient (Wildman–Crippen LogP) is 3.59. The highest BCUT2D eigenvalue weighted by Gasteiger charge is 2.08. The van der Waals surface area contributed by atoms with E-state index in [0.717, 1.165) is 16.9 Å². The molecule has 0 aliphatic heterocycles. The van der Waals surface area contributed by atoms with Crippen molar-refractivity contribution in [2.45, 2.75) is 25.7 Å². The average molecular weight is 308 g/mol. The van der Waals surface area contributed by atoms with Crippen LogP contribution >= 0.6 is 0 Å². The number of aryl methyl sites for hydroxylation is 1. The van der Waals surface area contributed by atoms with Crippen LogP contribution in [-0.2, 0) is 13.2 Å². The smallest absolute Gasteiger partial charge is 0.119 e. The van der Waals surface area contributed by atoms with Crippen LogP contribution in [0, 0.1) is 0 Å². The number of nitrogens with zero attached hydrogens (tertiary/aromatic N) is 2. The summed E-state index contributed by atoms with van der Waals surface area (Å²) in [5.74, 6) is 0.803. The van der Waals surface area contributed by atoms with E-state index in [2.05, 4.69) is 5.10 Å². The molecule has 0 amide bonds. The molecule has 0 radical (unpaired) electrons. The highest BCUT2D eigenvalue weighted by Crippen LogP contribution is 2.21. The zero-order chi connectivity index (χ0) is 15.9. The van der Waals surface area contributed by atoms with Gasteiger partial charge in [0.05, 0.1) is 6.10 Å². The molecule has 0 saturated heterocycles. The summed E-state index contributed by atoms with van der Waals surface area (Å²) < 4.78 is 7.57. The summed E-state index contributed by atoms with van der Waals surface area (Å²) in [7, 11) is 0. The summed E-state index contributed by atoms with van der Waals surface area (Å²) >= 11 is 0. The second-order valence-corrected chi connectivity index (χ2v) is 5.42. The minimum Gasteiger partial charge on any atom is -0.489 e. The van der Waals surface area contributed by atoms with Crippen LogP contribution in [0.3, 0.4) is 0 Å². The van der Waals surface area contributed by atoms with Gasteiger partial charge >= 0.3 is 0 Å². The molecular formula is C19H20N2O2. The number of aliphatic hydroxyl groups excluding tert-OH is 1. The summed E-state index contributed by atoms with van der Waals surface area (Å²) in [6.45, 7) is 1.24. The van der Waals surface area contributed by atoms with E-state index in [1.54, 1.807) is 6.20 Å². The highest BCUT2D eigenvalue weighted by atomic mass is 16.5. The van der Waals surface area contributed by atoms with Crippen molar-refractivity contribution in [3.8, 4) is 5.75 Å². The molecule has 0 aliphatic rings. The minimum absolute atomic E-state index is 0.498. The summed E-state index contributed by atoms with van der Waals surface area (Å²) in [6.07, 6.45) is 3.77. The Hall–Kier alpha value is -2.59. The van der Waals surface area contributed by atoms with Gasteiger partial charge in [-0.3, -0.25) is 4.68 Å². The Morgan fingerprint density at radius 2 is 1.78 bits per heavy atom. The Labute approximate surface area is 136 Å². The Morgan fingerprint density at radius 3 is 2.48 bits per heavy atom. The predicted molar refractivity (Wildman–Crippen MR) is 89.0 cm³/mol. The molecule has 3 rings (SSSR count). The fourth-order valence-electron chi connectivity index (χ4n) is 2.38. The molecule has 23 heavy (non-hydrogen) atoms. The molecule has 4 heteroatoms. The van der Waals surface area contributed by atoms with Crippen LogP contribution in [0.4, 0.5) is 0 Å². The van der Waals surface area contributed by atoms with Crippen LogP contribution in [0.25, 0.3) is 0 Å². The Balaban J connectivity index is 1.52. The topological polar surface area (TPSA) is 47.3 Å². The first-order valence-electron chi connectivity index (χ1n) is 7.73. The first-order valence-corrected chi connectivity index (χ1v) is 7.73. The Kier molecular flexibility index (Phi) is 5.06. The maximum Gasteiger partial charge on any atom is 0.119 e. The summed E-state index contributed by atoms with van der Waals surface area (Å²) in [4.78, 5) is 0. The maximum atomic E-state index is 10.2. The van der Waals surface area contributed by atoms with Gasteiger partial charge in [0.2, 0.25) is 0 Å². The van der Waals surface area contributed by atoms with Gasteiger partial charge in [-0.1, -0.05) is 42.5 Å². The number of rotatable bonds is 7. The van der Waals surface area contributed by atoms with E-state index in [1.807, 2.05) is 71.5 Å². The lowest BCUT2D eigenvalue weighted by Gasteiger charge is -2.12. The number of hydrogen-bond donors (Lipinski definition) is 1. The van der Waals surface area contributed by atoms with E-state index in [-0.39, 0.29) is 0 Å². The van der Waals surface area contributed by atoms with Crippen molar-refractivity contribution < 1.29 is 9.84 Å². The second kappa shape index (κ2) is 7.61. The summed E-state index contributed by atoms with van der Waals surface area (Å²) in [5.41, 5.74) is 2.03. The van der Waals surface area contributed by atoms with Crippen molar-refractivity contribution in [2.75, 3.05) is 0 Å². The first kappa shape index (κ1) is 15.3. The lowest BCUT2D eigenvalue weighted by molar-refractivity contribution is 0.159. The molecule has 1 N–H and O–H groups in total. The van der Waals surface area contributed by atoms with Crippen molar-refractivity contribution in [3.63, 3.8) is 0 Å².